The second kappa shape index (κ2) is 5.58. The van der Waals surface area contributed by atoms with Crippen LogP contribution < -0.4 is 5.32 Å². The highest BCUT2D eigenvalue weighted by Gasteiger charge is 2.42. The van der Waals surface area contributed by atoms with E-state index in [1.807, 2.05) is 29.4 Å². The summed E-state index contributed by atoms with van der Waals surface area (Å²) < 4.78 is 0. The number of rotatable bonds is 2. The Morgan fingerprint density at radius 1 is 1.45 bits per heavy atom. The molecule has 2 fully saturated rings. The van der Waals surface area contributed by atoms with Gasteiger partial charge in [-0.25, -0.2) is 0 Å². The molecule has 0 aromatic heterocycles. The minimum atomic E-state index is 0.0784. The first-order valence-electron chi connectivity index (χ1n) is 6.97. The van der Waals surface area contributed by atoms with Gasteiger partial charge in [-0.05, 0) is 43.8 Å². The summed E-state index contributed by atoms with van der Waals surface area (Å²) >= 11 is 7.84. The van der Waals surface area contributed by atoms with Gasteiger partial charge in [-0.3, -0.25) is 4.79 Å². The molecule has 2 aliphatic heterocycles. The maximum Gasteiger partial charge on any atom is 0.255 e. The lowest BCUT2D eigenvalue weighted by molar-refractivity contribution is 0.0775. The molecular weight excluding hydrogens is 292 g/mol. The van der Waals surface area contributed by atoms with E-state index in [0.717, 1.165) is 37.5 Å². The summed E-state index contributed by atoms with van der Waals surface area (Å²) in [6, 6.07) is 5.69. The Hall–Kier alpha value is -0.710. The van der Waals surface area contributed by atoms with Crippen LogP contribution in [0, 0.1) is 5.41 Å². The van der Waals surface area contributed by atoms with Crippen molar-refractivity contribution in [3.05, 3.63) is 28.8 Å². The van der Waals surface area contributed by atoms with Crippen molar-refractivity contribution in [3.63, 3.8) is 0 Å². The lowest BCUT2D eigenvalue weighted by Gasteiger charge is -2.23. The Morgan fingerprint density at radius 3 is 3.00 bits per heavy atom. The monoisotopic (exact) mass is 310 g/mol. The summed E-state index contributed by atoms with van der Waals surface area (Å²) in [5.74, 6) is 0.0784. The van der Waals surface area contributed by atoms with Crippen LogP contribution in [0.4, 0.5) is 0 Å². The molecule has 20 heavy (non-hydrogen) atoms. The lowest BCUT2D eigenvalue weighted by atomic mass is 9.86. The van der Waals surface area contributed by atoms with Crippen LogP contribution in [0.5, 0.6) is 0 Å². The van der Waals surface area contributed by atoms with E-state index < -0.39 is 0 Å². The Morgan fingerprint density at radius 2 is 2.30 bits per heavy atom. The molecule has 3 nitrogen and oxygen atoms in total. The van der Waals surface area contributed by atoms with Gasteiger partial charge >= 0.3 is 0 Å². The maximum absolute atomic E-state index is 12.7. The molecule has 1 aromatic rings. The molecule has 2 saturated heterocycles. The molecule has 1 N–H and O–H groups in total. The van der Waals surface area contributed by atoms with Crippen LogP contribution in [0.1, 0.15) is 23.2 Å². The summed E-state index contributed by atoms with van der Waals surface area (Å²) in [5.41, 5.74) is 0.945. The summed E-state index contributed by atoms with van der Waals surface area (Å²) in [5, 5.41) is 3.97. The Balaban J connectivity index is 1.79. The summed E-state index contributed by atoms with van der Waals surface area (Å²) in [6.07, 6.45) is 4.29. The fourth-order valence-corrected chi connectivity index (χ4v) is 3.86. The normalized spacial score (nSPS) is 25.6. The first kappa shape index (κ1) is 14.2. The number of hydrogen-bond donors (Lipinski definition) is 1. The minimum absolute atomic E-state index is 0.0784. The smallest absolute Gasteiger partial charge is 0.255 e. The van der Waals surface area contributed by atoms with Gasteiger partial charge in [-0.15, -0.1) is 11.8 Å². The van der Waals surface area contributed by atoms with Gasteiger partial charge in [-0.2, -0.15) is 0 Å². The molecule has 1 aromatic carbocycles. The molecule has 0 saturated carbocycles. The van der Waals surface area contributed by atoms with Crippen LogP contribution in [0.2, 0.25) is 5.02 Å². The number of benzene rings is 1. The average molecular weight is 311 g/mol. The van der Waals surface area contributed by atoms with Gasteiger partial charge in [0.15, 0.2) is 0 Å². The topological polar surface area (TPSA) is 32.3 Å². The fourth-order valence-electron chi connectivity index (χ4n) is 3.22. The molecule has 108 valence electrons. The highest BCUT2D eigenvalue weighted by molar-refractivity contribution is 7.98. The van der Waals surface area contributed by atoms with E-state index in [9.17, 15) is 4.79 Å². The van der Waals surface area contributed by atoms with Gasteiger partial charge < -0.3 is 10.2 Å². The predicted octanol–water partition coefficient (Wildman–Crippen LogP) is 2.89. The molecule has 1 unspecified atom stereocenters. The zero-order valence-corrected chi connectivity index (χ0v) is 13.2. The van der Waals surface area contributed by atoms with E-state index in [-0.39, 0.29) is 5.91 Å². The van der Waals surface area contributed by atoms with E-state index in [2.05, 4.69) is 5.32 Å². The van der Waals surface area contributed by atoms with Gasteiger partial charge in [0.1, 0.15) is 0 Å². The van der Waals surface area contributed by atoms with Gasteiger partial charge in [0, 0.05) is 29.9 Å². The van der Waals surface area contributed by atoms with Gasteiger partial charge in [0.05, 0.1) is 10.6 Å². The molecule has 5 heteroatoms. The number of likely N-dealkylation sites (tertiary alicyclic amines) is 1. The molecule has 1 atom stereocenters. The number of carbonyl (C=O) groups is 1. The zero-order valence-electron chi connectivity index (χ0n) is 11.6. The van der Waals surface area contributed by atoms with Crippen LogP contribution in [-0.2, 0) is 0 Å². The van der Waals surface area contributed by atoms with Crippen molar-refractivity contribution < 1.29 is 4.79 Å². The van der Waals surface area contributed by atoms with E-state index in [1.165, 1.54) is 6.42 Å². The van der Waals surface area contributed by atoms with Crippen molar-refractivity contribution in [1.82, 2.24) is 10.2 Å². The number of amides is 1. The third-order valence-corrected chi connectivity index (χ3v) is 5.52. The van der Waals surface area contributed by atoms with Crippen molar-refractivity contribution in [1.29, 1.82) is 0 Å². The van der Waals surface area contributed by atoms with Crippen LogP contribution in [0.15, 0.2) is 23.1 Å². The van der Waals surface area contributed by atoms with E-state index in [0.29, 0.717) is 16.0 Å². The van der Waals surface area contributed by atoms with Crippen molar-refractivity contribution >= 4 is 29.3 Å². The van der Waals surface area contributed by atoms with Crippen molar-refractivity contribution in [2.75, 3.05) is 32.4 Å². The molecular formula is C15H19ClN2OS. The second-order valence-electron chi connectivity index (χ2n) is 5.75. The van der Waals surface area contributed by atoms with E-state index in [4.69, 9.17) is 11.6 Å². The van der Waals surface area contributed by atoms with Gasteiger partial charge in [0.25, 0.3) is 5.91 Å². The number of carbonyl (C=O) groups excluding carboxylic acids is 1. The zero-order chi connectivity index (χ0) is 14.2. The first-order chi connectivity index (χ1) is 9.63. The van der Waals surface area contributed by atoms with Crippen molar-refractivity contribution in [2.45, 2.75) is 17.7 Å². The largest absolute Gasteiger partial charge is 0.338 e. The summed E-state index contributed by atoms with van der Waals surface area (Å²) in [7, 11) is 0. The van der Waals surface area contributed by atoms with E-state index in [1.54, 1.807) is 11.8 Å². The third-order valence-electron chi connectivity index (χ3n) is 4.46. The number of nitrogens with one attached hydrogen (secondary N) is 1. The molecule has 3 rings (SSSR count). The summed E-state index contributed by atoms with van der Waals surface area (Å²) in [4.78, 5) is 15.7. The quantitative estimate of drug-likeness (QED) is 0.853. The molecule has 1 amide bonds. The van der Waals surface area contributed by atoms with Gasteiger partial charge in [-0.1, -0.05) is 11.6 Å². The SMILES string of the molecule is CSc1ccc(Cl)c(C(=O)N2CCC3(CCNC3)C2)c1. The fraction of sp³-hybridized carbons (Fsp3) is 0.533. The Bertz CT molecular complexity index is 529. The number of nitrogens with zero attached hydrogens (tertiary/aromatic N) is 1. The van der Waals surface area contributed by atoms with Crippen LogP contribution in [0.25, 0.3) is 0 Å². The lowest BCUT2D eigenvalue weighted by Crippen LogP contribution is -2.33. The molecule has 0 radical (unpaired) electrons. The molecule has 0 aliphatic carbocycles. The molecule has 2 aliphatic rings. The Labute approximate surface area is 129 Å². The van der Waals surface area contributed by atoms with Crippen LogP contribution >= 0.6 is 23.4 Å². The average Bonchev–Trinajstić information content (AvgIpc) is 3.09. The standard InChI is InChI=1S/C15H19ClN2OS/c1-20-11-2-3-13(16)12(8-11)14(19)18-7-5-15(10-18)4-6-17-9-15/h2-3,8,17H,4-7,9-10H2,1H3. The molecule has 2 heterocycles. The Kier molecular flexibility index (Phi) is 3.98. The third kappa shape index (κ3) is 2.57. The van der Waals surface area contributed by atoms with Gasteiger partial charge in [0.2, 0.25) is 0 Å². The number of halogens is 1. The molecule has 1 spiro atoms. The van der Waals surface area contributed by atoms with Crippen molar-refractivity contribution in [3.8, 4) is 0 Å². The number of hydrogen-bond acceptors (Lipinski definition) is 3. The maximum atomic E-state index is 12.7. The van der Waals surface area contributed by atoms with Crippen molar-refractivity contribution in [2.24, 2.45) is 5.41 Å². The second-order valence-corrected chi connectivity index (χ2v) is 7.04. The summed E-state index contributed by atoms with van der Waals surface area (Å²) in [6.45, 7) is 3.82. The highest BCUT2D eigenvalue weighted by Crippen LogP contribution is 2.37. The highest BCUT2D eigenvalue weighted by atomic mass is 35.5. The predicted molar refractivity (Wildman–Crippen MR) is 83.7 cm³/mol. The van der Waals surface area contributed by atoms with Crippen LogP contribution in [-0.4, -0.2) is 43.2 Å². The minimum Gasteiger partial charge on any atom is -0.338 e. The van der Waals surface area contributed by atoms with E-state index >= 15 is 0 Å². The number of thioether (sulfide) groups is 1. The first-order valence-corrected chi connectivity index (χ1v) is 8.57. The van der Waals surface area contributed by atoms with Crippen LogP contribution in [0.3, 0.4) is 0 Å². The molecule has 0 bridgehead atoms.